The first-order valence-corrected chi connectivity index (χ1v) is 9.06. The summed E-state index contributed by atoms with van der Waals surface area (Å²) >= 11 is 0. The number of hydrogen-bond donors (Lipinski definition) is 2. The molecule has 0 bridgehead atoms. The van der Waals surface area contributed by atoms with Gasteiger partial charge in [-0.05, 0) is 29.8 Å². The van der Waals surface area contributed by atoms with E-state index in [9.17, 15) is 18.0 Å². The van der Waals surface area contributed by atoms with Crippen molar-refractivity contribution in [3.05, 3.63) is 41.7 Å². The van der Waals surface area contributed by atoms with Gasteiger partial charge in [0, 0.05) is 6.54 Å². The summed E-state index contributed by atoms with van der Waals surface area (Å²) in [5.74, 6) is -0.868. The second kappa shape index (κ2) is 8.56. The number of carbonyl (C=O) groups is 2. The Morgan fingerprint density at radius 2 is 1.81 bits per heavy atom. The molecule has 0 saturated heterocycles. The number of carbonyl (C=O) groups excluding carboxylic acids is 2. The number of hydrogen-bond acceptors (Lipinski definition) is 8. The number of sulfonamides is 1. The van der Waals surface area contributed by atoms with Crippen LogP contribution >= 0.6 is 0 Å². The van der Waals surface area contributed by atoms with Gasteiger partial charge in [0.25, 0.3) is 15.9 Å². The number of nitrogens with one attached hydrogen (secondary N) is 1. The predicted octanol–water partition coefficient (Wildman–Crippen LogP) is 0.417. The van der Waals surface area contributed by atoms with Crippen LogP contribution in [0.25, 0.3) is 0 Å². The van der Waals surface area contributed by atoms with Gasteiger partial charge in [0.15, 0.2) is 18.1 Å². The lowest BCUT2D eigenvalue weighted by molar-refractivity contribution is -0.124. The van der Waals surface area contributed by atoms with Gasteiger partial charge in [-0.25, -0.2) is 18.4 Å². The lowest BCUT2D eigenvalue weighted by Gasteiger charge is -2.10. The van der Waals surface area contributed by atoms with Crippen LogP contribution in [0.3, 0.4) is 0 Å². The number of nitrogens with two attached hydrogens (primary N) is 1. The molecule has 11 heteroatoms. The lowest BCUT2D eigenvalue weighted by atomic mass is 10.2. The molecule has 0 fully saturated rings. The summed E-state index contributed by atoms with van der Waals surface area (Å²) in [5.41, 5.74) is 0.746. The topological polar surface area (TPSA) is 147 Å². The molecular weight excluding hydrogens is 380 g/mol. The number of primary sulfonamides is 1. The average molecular weight is 398 g/mol. The molecular formula is C16H18N2O8S. The van der Waals surface area contributed by atoms with Crippen LogP contribution in [0.2, 0.25) is 0 Å². The first kappa shape index (κ1) is 20.3. The zero-order chi connectivity index (χ0) is 20.0. The Hall–Kier alpha value is -3.05. The normalized spacial score (nSPS) is 10.9. The molecule has 146 valence electrons. The second-order valence-corrected chi connectivity index (χ2v) is 6.70. The van der Waals surface area contributed by atoms with E-state index < -0.39 is 33.6 Å². The van der Waals surface area contributed by atoms with Crippen molar-refractivity contribution < 1.29 is 36.6 Å². The van der Waals surface area contributed by atoms with Crippen molar-refractivity contribution in [1.82, 2.24) is 5.32 Å². The third-order valence-corrected chi connectivity index (χ3v) is 4.12. The Bertz CT molecular complexity index is 936. The van der Waals surface area contributed by atoms with Crippen LogP contribution in [0.1, 0.15) is 16.1 Å². The fourth-order valence-corrected chi connectivity index (χ4v) is 2.49. The maximum Gasteiger partial charge on any atom is 0.374 e. The standard InChI is InChI=1S/C16H18N2O8S/c1-23-11-4-3-10(7-13(11)24-2)8-18-14(19)9-25-16(20)12-5-6-15(26-12)27(17,21)22/h3-7H,8-9H2,1-2H3,(H,18,19)(H2,17,21,22). The van der Waals surface area contributed by atoms with E-state index >= 15 is 0 Å². The molecule has 0 radical (unpaired) electrons. The number of furan rings is 1. The van der Waals surface area contributed by atoms with Crippen LogP contribution in [-0.2, 0) is 26.1 Å². The minimum Gasteiger partial charge on any atom is -0.493 e. The van der Waals surface area contributed by atoms with Gasteiger partial charge in [-0.1, -0.05) is 6.07 Å². The Kier molecular flexibility index (Phi) is 6.42. The minimum absolute atomic E-state index is 0.174. The van der Waals surface area contributed by atoms with E-state index in [-0.39, 0.29) is 12.3 Å². The van der Waals surface area contributed by atoms with E-state index in [1.165, 1.54) is 14.2 Å². The van der Waals surface area contributed by atoms with E-state index in [1.54, 1.807) is 18.2 Å². The maximum absolute atomic E-state index is 11.8. The highest BCUT2D eigenvalue weighted by molar-refractivity contribution is 7.89. The van der Waals surface area contributed by atoms with Gasteiger partial charge in [0.05, 0.1) is 14.2 Å². The molecule has 0 saturated carbocycles. The molecule has 3 N–H and O–H groups in total. The monoisotopic (exact) mass is 398 g/mol. The van der Waals surface area contributed by atoms with Gasteiger partial charge in [-0.2, -0.15) is 0 Å². The van der Waals surface area contributed by atoms with E-state index in [0.29, 0.717) is 11.5 Å². The summed E-state index contributed by atoms with van der Waals surface area (Å²) in [5, 5.41) is 6.86. The summed E-state index contributed by atoms with van der Waals surface area (Å²) in [6.07, 6.45) is 0. The highest BCUT2D eigenvalue weighted by atomic mass is 32.2. The van der Waals surface area contributed by atoms with Crippen molar-refractivity contribution in [3.8, 4) is 11.5 Å². The SMILES string of the molecule is COc1ccc(CNC(=O)COC(=O)c2ccc(S(N)(=O)=O)o2)cc1OC. The molecule has 0 atom stereocenters. The van der Waals surface area contributed by atoms with Crippen molar-refractivity contribution >= 4 is 21.9 Å². The first-order chi connectivity index (χ1) is 12.7. The fourth-order valence-electron chi connectivity index (χ4n) is 2.03. The zero-order valence-corrected chi connectivity index (χ0v) is 15.4. The fraction of sp³-hybridized carbons (Fsp3) is 0.250. The third-order valence-electron chi connectivity index (χ3n) is 3.33. The van der Waals surface area contributed by atoms with E-state index in [2.05, 4.69) is 5.32 Å². The van der Waals surface area contributed by atoms with Gasteiger partial charge >= 0.3 is 5.97 Å². The summed E-state index contributed by atoms with van der Waals surface area (Å²) < 4.78 is 42.0. The number of rotatable bonds is 8. The highest BCUT2D eigenvalue weighted by Crippen LogP contribution is 2.27. The molecule has 2 aromatic rings. The van der Waals surface area contributed by atoms with Gasteiger partial charge in [0.1, 0.15) is 0 Å². The maximum atomic E-state index is 11.8. The molecule has 1 amide bonds. The molecule has 1 aromatic carbocycles. The second-order valence-electron chi connectivity index (χ2n) is 5.21. The molecule has 1 aromatic heterocycles. The van der Waals surface area contributed by atoms with Crippen LogP contribution in [0.15, 0.2) is 39.8 Å². The molecule has 2 rings (SSSR count). The van der Waals surface area contributed by atoms with Crippen LogP contribution in [-0.4, -0.2) is 41.1 Å². The molecule has 0 aliphatic carbocycles. The van der Waals surface area contributed by atoms with Crippen molar-refractivity contribution in [3.63, 3.8) is 0 Å². The lowest BCUT2D eigenvalue weighted by Crippen LogP contribution is -2.28. The zero-order valence-electron chi connectivity index (χ0n) is 14.6. The number of benzene rings is 1. The Labute approximate surface area is 155 Å². The minimum atomic E-state index is -4.07. The average Bonchev–Trinajstić information content (AvgIpc) is 3.14. The van der Waals surface area contributed by atoms with Gasteiger partial charge in [-0.15, -0.1) is 0 Å². The molecule has 0 aliphatic heterocycles. The van der Waals surface area contributed by atoms with Crippen LogP contribution in [0.4, 0.5) is 0 Å². The summed E-state index contributed by atoms with van der Waals surface area (Å²) in [7, 11) is -1.06. The van der Waals surface area contributed by atoms with Gasteiger partial charge in [0.2, 0.25) is 10.9 Å². The largest absolute Gasteiger partial charge is 0.493 e. The van der Waals surface area contributed by atoms with E-state index in [1.807, 2.05) is 0 Å². The summed E-state index contributed by atoms with van der Waals surface area (Å²) in [6, 6.07) is 7.24. The predicted molar refractivity (Wildman–Crippen MR) is 91.8 cm³/mol. The Morgan fingerprint density at radius 3 is 2.41 bits per heavy atom. The molecule has 0 spiro atoms. The van der Waals surface area contributed by atoms with Crippen molar-refractivity contribution in [2.75, 3.05) is 20.8 Å². The number of amides is 1. The van der Waals surface area contributed by atoms with Crippen molar-refractivity contribution in [2.24, 2.45) is 5.14 Å². The molecule has 0 aliphatic rings. The van der Waals surface area contributed by atoms with E-state index in [4.69, 9.17) is 23.8 Å². The molecule has 0 unspecified atom stereocenters. The number of esters is 1. The Morgan fingerprint density at radius 1 is 1.11 bits per heavy atom. The van der Waals surface area contributed by atoms with Crippen LogP contribution in [0.5, 0.6) is 11.5 Å². The Balaban J connectivity index is 1.86. The number of methoxy groups -OCH3 is 2. The molecule has 1 heterocycles. The smallest absolute Gasteiger partial charge is 0.374 e. The third kappa shape index (κ3) is 5.46. The summed E-state index contributed by atoms with van der Waals surface area (Å²) in [6.45, 7) is -0.398. The molecule has 27 heavy (non-hydrogen) atoms. The van der Waals surface area contributed by atoms with Gasteiger partial charge < -0.3 is 23.9 Å². The van der Waals surface area contributed by atoms with Crippen molar-refractivity contribution in [2.45, 2.75) is 11.6 Å². The quantitative estimate of drug-likeness (QED) is 0.608. The number of ether oxygens (including phenoxy) is 3. The van der Waals surface area contributed by atoms with Crippen molar-refractivity contribution in [1.29, 1.82) is 0 Å². The highest BCUT2D eigenvalue weighted by Gasteiger charge is 2.19. The van der Waals surface area contributed by atoms with Gasteiger partial charge in [-0.3, -0.25) is 4.79 Å². The molecule has 10 nitrogen and oxygen atoms in total. The van der Waals surface area contributed by atoms with Crippen LogP contribution in [0, 0.1) is 0 Å². The summed E-state index contributed by atoms with van der Waals surface area (Å²) in [4.78, 5) is 23.6. The van der Waals surface area contributed by atoms with E-state index in [0.717, 1.165) is 17.7 Å². The first-order valence-electron chi connectivity index (χ1n) is 7.52. The van der Waals surface area contributed by atoms with Crippen LogP contribution < -0.4 is 19.9 Å².